The summed E-state index contributed by atoms with van der Waals surface area (Å²) < 4.78 is 13.8. The zero-order valence-corrected chi connectivity index (χ0v) is 19.8. The Hall–Kier alpha value is -2.99. The molecule has 1 heterocycles. The smallest absolute Gasteiger partial charge is 0.248 e. The maximum absolute atomic E-state index is 13.8. The molecule has 6 heteroatoms. The molecule has 0 saturated heterocycles. The highest BCUT2D eigenvalue weighted by molar-refractivity contribution is 7.10. The van der Waals surface area contributed by atoms with Crippen LogP contribution >= 0.6 is 11.3 Å². The fourth-order valence-corrected chi connectivity index (χ4v) is 5.17. The Labute approximate surface area is 198 Å². The first kappa shape index (κ1) is 23.2. The average Bonchev–Trinajstić information content (AvgIpc) is 3.49. The van der Waals surface area contributed by atoms with E-state index in [1.54, 1.807) is 17.0 Å². The minimum atomic E-state index is -0.890. The lowest BCUT2D eigenvalue weighted by Gasteiger charge is -2.33. The number of anilines is 1. The first-order chi connectivity index (χ1) is 15.9. The number of nitrogens with zero attached hydrogens (tertiary/aromatic N) is 1. The molecule has 0 radical (unpaired) electrons. The predicted molar refractivity (Wildman–Crippen MR) is 131 cm³/mol. The van der Waals surface area contributed by atoms with E-state index in [4.69, 9.17) is 0 Å². The predicted octanol–water partition coefficient (Wildman–Crippen LogP) is 5.88. The topological polar surface area (TPSA) is 49.4 Å². The number of halogens is 1. The summed E-state index contributed by atoms with van der Waals surface area (Å²) >= 11 is 1.52. The molecule has 1 unspecified atom stereocenters. The first-order valence-electron chi connectivity index (χ1n) is 11.4. The van der Waals surface area contributed by atoms with E-state index in [9.17, 15) is 14.0 Å². The van der Waals surface area contributed by atoms with E-state index in [1.807, 2.05) is 49.6 Å². The monoisotopic (exact) mass is 464 g/mol. The fourth-order valence-electron chi connectivity index (χ4n) is 4.47. The van der Waals surface area contributed by atoms with E-state index in [-0.39, 0.29) is 30.1 Å². The van der Waals surface area contributed by atoms with Crippen molar-refractivity contribution in [3.8, 4) is 0 Å². The van der Waals surface area contributed by atoms with Crippen LogP contribution in [-0.2, 0) is 16.0 Å². The Balaban J connectivity index is 1.80. The Bertz CT molecular complexity index is 1110. The largest absolute Gasteiger partial charge is 0.351 e. The molecule has 3 aromatic rings. The molecule has 4 rings (SSSR count). The quantitative estimate of drug-likeness (QED) is 0.475. The lowest BCUT2D eigenvalue weighted by Crippen LogP contribution is -2.47. The Morgan fingerprint density at radius 2 is 1.79 bits per heavy atom. The molecule has 2 aromatic carbocycles. The van der Waals surface area contributed by atoms with Gasteiger partial charge in [-0.25, -0.2) is 4.39 Å². The summed E-state index contributed by atoms with van der Waals surface area (Å²) in [5.41, 5.74) is 3.27. The highest BCUT2D eigenvalue weighted by atomic mass is 32.1. The van der Waals surface area contributed by atoms with E-state index < -0.39 is 6.04 Å². The van der Waals surface area contributed by atoms with Crippen LogP contribution < -0.4 is 10.2 Å². The number of thiophene rings is 1. The summed E-state index contributed by atoms with van der Waals surface area (Å²) in [6.45, 7) is 3.96. The van der Waals surface area contributed by atoms with Crippen LogP contribution in [0.1, 0.15) is 53.3 Å². The normalized spacial score (nSPS) is 14.8. The molecule has 172 valence electrons. The molecule has 1 saturated carbocycles. The summed E-state index contributed by atoms with van der Waals surface area (Å²) in [5.74, 6) is -0.770. The van der Waals surface area contributed by atoms with E-state index in [1.165, 1.54) is 23.5 Å². The van der Waals surface area contributed by atoms with Gasteiger partial charge < -0.3 is 5.32 Å². The van der Waals surface area contributed by atoms with Crippen LogP contribution in [0, 0.1) is 19.7 Å². The van der Waals surface area contributed by atoms with Crippen LogP contribution in [0.3, 0.4) is 0 Å². The van der Waals surface area contributed by atoms with Gasteiger partial charge in [0.05, 0.1) is 6.42 Å². The first-order valence-corrected chi connectivity index (χ1v) is 12.3. The van der Waals surface area contributed by atoms with Gasteiger partial charge >= 0.3 is 0 Å². The molecule has 0 spiro atoms. The van der Waals surface area contributed by atoms with E-state index in [2.05, 4.69) is 5.32 Å². The highest BCUT2D eigenvalue weighted by Crippen LogP contribution is 2.33. The molecule has 1 aliphatic carbocycles. The second-order valence-corrected chi connectivity index (χ2v) is 9.72. The van der Waals surface area contributed by atoms with Gasteiger partial charge in [-0.2, -0.15) is 0 Å². The second kappa shape index (κ2) is 10.3. The standard InChI is InChI=1S/C27H29FN2O2S/c1-18-7-5-11-24(19(18)2)30(25(31)17-23-10-6-16-33-23)26(20-12-14-21(28)15-13-20)27(32)29-22-8-3-4-9-22/h5-7,10-16,22,26H,3-4,8-9,17H2,1-2H3,(H,29,32). The summed E-state index contributed by atoms with van der Waals surface area (Å²) in [6, 6.07) is 14.7. The van der Waals surface area contributed by atoms with Crippen molar-refractivity contribution in [1.82, 2.24) is 5.32 Å². The third kappa shape index (κ3) is 5.33. The zero-order valence-electron chi connectivity index (χ0n) is 19.0. The van der Waals surface area contributed by atoms with Crippen molar-refractivity contribution in [3.63, 3.8) is 0 Å². The minimum Gasteiger partial charge on any atom is -0.351 e. The van der Waals surface area contributed by atoms with Crippen molar-refractivity contribution in [2.45, 2.75) is 58.0 Å². The number of aryl methyl sites for hydroxylation is 1. The lowest BCUT2D eigenvalue weighted by atomic mass is 9.99. The Morgan fingerprint density at radius 3 is 2.45 bits per heavy atom. The van der Waals surface area contributed by atoms with Crippen LogP contribution in [0.2, 0.25) is 0 Å². The van der Waals surface area contributed by atoms with Gasteiger partial charge in [-0.3, -0.25) is 14.5 Å². The molecule has 1 N–H and O–H groups in total. The Kier molecular flexibility index (Phi) is 7.23. The average molecular weight is 465 g/mol. The summed E-state index contributed by atoms with van der Waals surface area (Å²) in [4.78, 5) is 30.0. The van der Waals surface area contributed by atoms with E-state index >= 15 is 0 Å². The van der Waals surface area contributed by atoms with Crippen LogP contribution in [0.4, 0.5) is 10.1 Å². The fraction of sp³-hybridized carbons (Fsp3) is 0.333. The van der Waals surface area contributed by atoms with E-state index in [0.29, 0.717) is 11.3 Å². The molecule has 1 fully saturated rings. The molecule has 2 amide bonds. The van der Waals surface area contributed by atoms with Crippen LogP contribution in [0.25, 0.3) is 0 Å². The molecular formula is C27H29FN2O2S. The molecule has 0 aliphatic heterocycles. The van der Waals surface area contributed by atoms with Gasteiger partial charge in [0.25, 0.3) is 0 Å². The van der Waals surface area contributed by atoms with Gasteiger partial charge in [0.15, 0.2) is 0 Å². The van der Waals surface area contributed by atoms with Crippen molar-refractivity contribution in [3.05, 3.63) is 87.4 Å². The lowest BCUT2D eigenvalue weighted by molar-refractivity contribution is -0.127. The number of carbonyl (C=O) groups excluding carboxylic acids is 2. The van der Waals surface area contributed by atoms with Gasteiger partial charge in [-0.05, 0) is 73.0 Å². The van der Waals surface area contributed by atoms with Gasteiger partial charge in [-0.15, -0.1) is 11.3 Å². The zero-order chi connectivity index (χ0) is 23.4. The number of amides is 2. The summed E-state index contributed by atoms with van der Waals surface area (Å²) in [6.07, 6.45) is 4.25. The SMILES string of the molecule is Cc1cccc(N(C(=O)Cc2cccs2)C(C(=O)NC2CCCC2)c2ccc(F)cc2)c1C. The maximum Gasteiger partial charge on any atom is 0.248 e. The number of rotatable bonds is 7. The number of nitrogens with one attached hydrogen (secondary N) is 1. The van der Waals surface area contributed by atoms with Gasteiger partial charge in [0.1, 0.15) is 11.9 Å². The highest BCUT2D eigenvalue weighted by Gasteiger charge is 2.35. The van der Waals surface area contributed by atoms with Crippen LogP contribution in [-0.4, -0.2) is 17.9 Å². The van der Waals surface area contributed by atoms with Crippen molar-refractivity contribution >= 4 is 28.8 Å². The van der Waals surface area contributed by atoms with Crippen molar-refractivity contribution in [2.24, 2.45) is 0 Å². The summed E-state index contributed by atoms with van der Waals surface area (Å²) in [7, 11) is 0. The minimum absolute atomic E-state index is 0.105. The molecule has 1 atom stereocenters. The van der Waals surface area contributed by atoms with Crippen LogP contribution in [0.15, 0.2) is 60.0 Å². The third-order valence-electron chi connectivity index (χ3n) is 6.40. The van der Waals surface area contributed by atoms with Crippen molar-refractivity contribution in [2.75, 3.05) is 4.90 Å². The number of benzene rings is 2. The van der Waals surface area contributed by atoms with Gasteiger partial charge in [0, 0.05) is 16.6 Å². The molecule has 1 aromatic heterocycles. The number of carbonyl (C=O) groups is 2. The van der Waals surface area contributed by atoms with Crippen LogP contribution in [0.5, 0.6) is 0 Å². The number of hydrogen-bond donors (Lipinski definition) is 1. The van der Waals surface area contributed by atoms with Gasteiger partial charge in [0.2, 0.25) is 11.8 Å². The third-order valence-corrected chi connectivity index (χ3v) is 7.28. The number of hydrogen-bond acceptors (Lipinski definition) is 3. The van der Waals surface area contributed by atoms with E-state index in [0.717, 1.165) is 41.7 Å². The molecule has 1 aliphatic rings. The van der Waals surface area contributed by atoms with Crippen molar-refractivity contribution < 1.29 is 14.0 Å². The van der Waals surface area contributed by atoms with Crippen molar-refractivity contribution in [1.29, 1.82) is 0 Å². The second-order valence-electron chi connectivity index (χ2n) is 8.68. The molecule has 33 heavy (non-hydrogen) atoms. The molecule has 4 nitrogen and oxygen atoms in total. The maximum atomic E-state index is 13.8. The molecular weight excluding hydrogens is 435 g/mol. The van der Waals surface area contributed by atoms with Gasteiger partial charge in [-0.1, -0.05) is 43.2 Å². The molecule has 0 bridgehead atoms. The Morgan fingerprint density at radius 1 is 1.06 bits per heavy atom. The summed E-state index contributed by atoms with van der Waals surface area (Å²) in [5, 5.41) is 5.11.